The van der Waals surface area contributed by atoms with Crippen molar-refractivity contribution < 1.29 is 34.2 Å². The Kier molecular flexibility index (Phi) is 10.6. The predicted octanol–water partition coefficient (Wildman–Crippen LogP) is -3.02. The molecule has 0 radical (unpaired) electrons. The smallest absolute Gasteiger partial charge is 0.326 e. The van der Waals surface area contributed by atoms with Crippen molar-refractivity contribution in [3.8, 4) is 0 Å². The van der Waals surface area contributed by atoms with Gasteiger partial charge in [-0.25, -0.2) is 4.79 Å². The van der Waals surface area contributed by atoms with Crippen LogP contribution in [0.15, 0.2) is 0 Å². The van der Waals surface area contributed by atoms with Gasteiger partial charge in [0.05, 0.1) is 19.1 Å². The molecule has 1 heterocycles. The number of nitrogens with two attached hydrogens (primary N) is 2. The van der Waals surface area contributed by atoms with Crippen LogP contribution < -0.4 is 22.1 Å². The first-order valence-corrected chi connectivity index (χ1v) is 10.8. The summed E-state index contributed by atoms with van der Waals surface area (Å²) in [5, 5.41) is 23.5. The molecule has 0 spiro atoms. The Hall–Kier alpha value is -2.38. The number of carboxylic acid groups (broad SMARTS) is 1. The Morgan fingerprint density at radius 1 is 1.20 bits per heavy atom. The van der Waals surface area contributed by atoms with Gasteiger partial charge in [0.15, 0.2) is 0 Å². The summed E-state index contributed by atoms with van der Waals surface area (Å²) >= 11 is 1.44. The van der Waals surface area contributed by atoms with Crippen molar-refractivity contribution in [3.05, 3.63) is 0 Å². The Bertz CT molecular complexity index is 662. The first kappa shape index (κ1) is 25.7. The fourth-order valence-electron chi connectivity index (χ4n) is 3.04. The van der Waals surface area contributed by atoms with Crippen molar-refractivity contribution in [3.63, 3.8) is 0 Å². The largest absolute Gasteiger partial charge is 0.480 e. The number of primary amides is 1. The molecule has 0 saturated carbocycles. The second kappa shape index (κ2) is 12.3. The highest BCUT2D eigenvalue weighted by molar-refractivity contribution is 7.98. The zero-order valence-corrected chi connectivity index (χ0v) is 17.5. The van der Waals surface area contributed by atoms with E-state index in [1.807, 2.05) is 6.26 Å². The van der Waals surface area contributed by atoms with Crippen molar-refractivity contribution in [2.75, 3.05) is 25.2 Å². The zero-order chi connectivity index (χ0) is 22.8. The molecule has 0 aliphatic carbocycles. The molecule has 0 bridgehead atoms. The number of nitrogens with zero attached hydrogens (tertiary/aromatic N) is 1. The lowest BCUT2D eigenvalue weighted by atomic mass is 10.1. The van der Waals surface area contributed by atoms with E-state index >= 15 is 0 Å². The molecule has 30 heavy (non-hydrogen) atoms. The normalized spacial score (nSPS) is 18.9. The fraction of sp³-hybridized carbons (Fsp3) is 0.706. The predicted molar refractivity (Wildman–Crippen MR) is 108 cm³/mol. The summed E-state index contributed by atoms with van der Waals surface area (Å²) in [6, 6.07) is -4.65. The van der Waals surface area contributed by atoms with E-state index in [1.54, 1.807) is 0 Å². The summed E-state index contributed by atoms with van der Waals surface area (Å²) in [6.45, 7) is -0.538. The lowest BCUT2D eigenvalue weighted by Gasteiger charge is -2.29. The molecule has 13 heteroatoms. The van der Waals surface area contributed by atoms with Gasteiger partial charge in [0.1, 0.15) is 18.1 Å². The lowest BCUT2D eigenvalue weighted by Crippen LogP contribution is -2.58. The molecule has 1 fully saturated rings. The number of aliphatic hydroxyl groups is 1. The number of amides is 4. The number of carboxylic acids is 1. The molecule has 1 saturated heterocycles. The van der Waals surface area contributed by atoms with E-state index in [-0.39, 0.29) is 13.0 Å². The van der Waals surface area contributed by atoms with E-state index in [9.17, 15) is 34.2 Å². The molecule has 0 aromatic rings. The van der Waals surface area contributed by atoms with Crippen molar-refractivity contribution in [1.29, 1.82) is 0 Å². The van der Waals surface area contributed by atoms with Crippen LogP contribution in [0, 0.1) is 0 Å². The first-order chi connectivity index (χ1) is 14.1. The van der Waals surface area contributed by atoms with Gasteiger partial charge in [-0.1, -0.05) is 0 Å². The molecule has 1 aliphatic heterocycles. The second-order valence-corrected chi connectivity index (χ2v) is 7.88. The molecular formula is C17H29N5O7S. The summed E-state index contributed by atoms with van der Waals surface area (Å²) < 4.78 is 0. The Morgan fingerprint density at radius 3 is 2.40 bits per heavy atom. The van der Waals surface area contributed by atoms with Crippen LogP contribution in [0.4, 0.5) is 0 Å². The maximum Gasteiger partial charge on any atom is 0.326 e. The quantitative estimate of drug-likeness (QED) is 0.180. The zero-order valence-electron chi connectivity index (χ0n) is 16.7. The third-order valence-corrected chi connectivity index (χ3v) is 5.26. The van der Waals surface area contributed by atoms with Crippen LogP contribution in [-0.2, 0) is 24.0 Å². The summed E-state index contributed by atoms with van der Waals surface area (Å²) in [4.78, 5) is 60.9. The van der Waals surface area contributed by atoms with Crippen LogP contribution in [0.3, 0.4) is 0 Å². The minimum atomic E-state index is -1.36. The van der Waals surface area contributed by atoms with E-state index in [0.717, 1.165) is 0 Å². The van der Waals surface area contributed by atoms with Gasteiger partial charge in [-0.05, 0) is 31.3 Å². The number of carbonyl (C=O) groups is 5. The molecule has 1 aliphatic rings. The van der Waals surface area contributed by atoms with Gasteiger partial charge in [0.25, 0.3) is 0 Å². The van der Waals surface area contributed by atoms with Gasteiger partial charge in [-0.2, -0.15) is 11.8 Å². The molecule has 1 rings (SSSR count). The topological polar surface area (TPSA) is 205 Å². The van der Waals surface area contributed by atoms with Crippen LogP contribution in [0.2, 0.25) is 0 Å². The van der Waals surface area contributed by atoms with E-state index in [0.29, 0.717) is 18.6 Å². The standard InChI is InChI=1S/C17H29N5O7S/c1-30-6-4-10(17(28)29)20-15(26)12-3-2-5-22(12)16(27)11(8-23)21-14(25)9(18)7-13(19)24/h9-12,23H,2-8,18H2,1H3,(H2,19,24)(H,20,26)(H,21,25)(H,28,29). The third kappa shape index (κ3) is 7.46. The van der Waals surface area contributed by atoms with Crippen molar-refractivity contribution >= 4 is 41.4 Å². The maximum atomic E-state index is 12.8. The van der Waals surface area contributed by atoms with Gasteiger partial charge < -0.3 is 37.2 Å². The number of carbonyl (C=O) groups excluding carboxylic acids is 4. The van der Waals surface area contributed by atoms with Crippen molar-refractivity contribution in [1.82, 2.24) is 15.5 Å². The van der Waals surface area contributed by atoms with E-state index in [2.05, 4.69) is 10.6 Å². The number of aliphatic hydroxyl groups excluding tert-OH is 1. The molecule has 8 N–H and O–H groups in total. The van der Waals surface area contributed by atoms with Gasteiger partial charge in [-0.3, -0.25) is 19.2 Å². The highest BCUT2D eigenvalue weighted by Gasteiger charge is 2.39. The van der Waals surface area contributed by atoms with Crippen LogP contribution in [0.25, 0.3) is 0 Å². The van der Waals surface area contributed by atoms with E-state index in [1.165, 1.54) is 16.7 Å². The van der Waals surface area contributed by atoms with Crippen LogP contribution in [0.1, 0.15) is 25.7 Å². The molecule has 4 amide bonds. The Morgan fingerprint density at radius 2 is 1.87 bits per heavy atom. The average molecular weight is 448 g/mol. The maximum absolute atomic E-state index is 12.8. The number of aliphatic carboxylic acids is 1. The highest BCUT2D eigenvalue weighted by Crippen LogP contribution is 2.19. The van der Waals surface area contributed by atoms with Crippen LogP contribution >= 0.6 is 11.8 Å². The Labute approximate surface area is 178 Å². The fourth-order valence-corrected chi connectivity index (χ4v) is 3.51. The summed E-state index contributed by atoms with van der Waals surface area (Å²) in [5.74, 6) is -3.58. The van der Waals surface area contributed by atoms with Gasteiger partial charge >= 0.3 is 5.97 Å². The minimum absolute atomic E-state index is 0.208. The van der Waals surface area contributed by atoms with Crippen molar-refractivity contribution in [2.24, 2.45) is 11.5 Å². The van der Waals surface area contributed by atoms with Gasteiger partial charge in [0.2, 0.25) is 23.6 Å². The number of likely N-dealkylation sites (tertiary alicyclic amines) is 1. The summed E-state index contributed by atoms with van der Waals surface area (Å²) in [7, 11) is 0. The van der Waals surface area contributed by atoms with Gasteiger partial charge in [-0.15, -0.1) is 0 Å². The number of nitrogens with one attached hydrogen (secondary N) is 2. The van der Waals surface area contributed by atoms with E-state index in [4.69, 9.17) is 11.5 Å². The highest BCUT2D eigenvalue weighted by atomic mass is 32.2. The van der Waals surface area contributed by atoms with E-state index < -0.39 is 66.8 Å². The molecular weight excluding hydrogens is 418 g/mol. The number of hydrogen-bond donors (Lipinski definition) is 6. The Balaban J connectivity index is 2.80. The summed E-state index contributed by atoms with van der Waals surface area (Å²) in [6.07, 6.45) is 2.44. The molecule has 0 aromatic heterocycles. The van der Waals surface area contributed by atoms with Crippen molar-refractivity contribution in [2.45, 2.75) is 49.9 Å². The van der Waals surface area contributed by atoms with Crippen LogP contribution in [-0.4, -0.2) is 94.0 Å². The number of hydrogen-bond acceptors (Lipinski definition) is 8. The molecule has 4 atom stereocenters. The first-order valence-electron chi connectivity index (χ1n) is 9.40. The summed E-state index contributed by atoms with van der Waals surface area (Å²) in [5.41, 5.74) is 10.5. The lowest BCUT2D eigenvalue weighted by molar-refractivity contribution is -0.145. The average Bonchev–Trinajstić information content (AvgIpc) is 3.17. The van der Waals surface area contributed by atoms with Gasteiger partial charge in [0, 0.05) is 6.54 Å². The minimum Gasteiger partial charge on any atom is -0.480 e. The monoisotopic (exact) mass is 447 g/mol. The second-order valence-electron chi connectivity index (χ2n) is 6.89. The molecule has 4 unspecified atom stereocenters. The number of thioether (sulfide) groups is 1. The molecule has 170 valence electrons. The third-order valence-electron chi connectivity index (χ3n) is 4.62. The molecule has 0 aromatic carbocycles. The van der Waals surface area contributed by atoms with Crippen LogP contribution in [0.5, 0.6) is 0 Å². The SMILES string of the molecule is CSCCC(NC(=O)C1CCCN1C(=O)C(CO)NC(=O)C(N)CC(N)=O)C(=O)O. The number of rotatable bonds is 12. The molecule has 12 nitrogen and oxygen atoms in total.